The van der Waals surface area contributed by atoms with Gasteiger partial charge in [-0.05, 0) is 44.1 Å². The first-order valence-corrected chi connectivity index (χ1v) is 7.42. The zero-order valence-corrected chi connectivity index (χ0v) is 11.1. The highest BCUT2D eigenvalue weighted by Gasteiger charge is 2.26. The standard InChI is InChI=1S/C15H26N2/c1-12-5-4-6-13(9-12)11-17-15-8-3-2-7-14(15)10-16/h12-15,17H,2-9,11H2,1H3. The maximum absolute atomic E-state index is 9.15. The van der Waals surface area contributed by atoms with Crippen LogP contribution in [0.3, 0.4) is 0 Å². The molecule has 2 saturated carbocycles. The van der Waals surface area contributed by atoms with E-state index in [-0.39, 0.29) is 5.92 Å². The van der Waals surface area contributed by atoms with Gasteiger partial charge in [-0.1, -0.05) is 32.6 Å². The molecule has 2 aliphatic carbocycles. The van der Waals surface area contributed by atoms with Gasteiger partial charge < -0.3 is 5.32 Å². The number of nitrogens with zero attached hydrogens (tertiary/aromatic N) is 1. The molecular weight excluding hydrogens is 208 g/mol. The summed E-state index contributed by atoms with van der Waals surface area (Å²) in [5.41, 5.74) is 0. The molecule has 0 bridgehead atoms. The first-order chi connectivity index (χ1) is 8.29. The second-order valence-corrected chi connectivity index (χ2v) is 6.17. The van der Waals surface area contributed by atoms with Crippen LogP contribution < -0.4 is 5.32 Å². The predicted octanol–water partition coefficient (Wildman–Crippen LogP) is 3.48. The molecule has 2 fully saturated rings. The molecule has 1 N–H and O–H groups in total. The third-order valence-corrected chi connectivity index (χ3v) is 4.65. The van der Waals surface area contributed by atoms with Crippen LogP contribution in [0.15, 0.2) is 0 Å². The Morgan fingerprint density at radius 3 is 2.71 bits per heavy atom. The summed E-state index contributed by atoms with van der Waals surface area (Å²) < 4.78 is 0. The lowest BCUT2D eigenvalue weighted by atomic mass is 9.81. The highest BCUT2D eigenvalue weighted by Crippen LogP contribution is 2.29. The van der Waals surface area contributed by atoms with Gasteiger partial charge in [-0.2, -0.15) is 5.26 Å². The van der Waals surface area contributed by atoms with Crippen LogP contribution in [-0.2, 0) is 0 Å². The topological polar surface area (TPSA) is 35.8 Å². The average molecular weight is 234 g/mol. The molecule has 0 aromatic heterocycles. The molecule has 0 aliphatic heterocycles. The monoisotopic (exact) mass is 234 g/mol. The zero-order chi connectivity index (χ0) is 12.1. The van der Waals surface area contributed by atoms with E-state index in [0.717, 1.165) is 24.8 Å². The van der Waals surface area contributed by atoms with Crippen LogP contribution in [0.25, 0.3) is 0 Å². The van der Waals surface area contributed by atoms with Gasteiger partial charge in [0.15, 0.2) is 0 Å². The SMILES string of the molecule is CC1CCCC(CNC2CCCCC2C#N)C1. The number of hydrogen-bond acceptors (Lipinski definition) is 2. The van der Waals surface area contributed by atoms with Crippen molar-refractivity contribution in [3.8, 4) is 6.07 Å². The number of rotatable bonds is 3. The Labute approximate surface area is 106 Å². The fraction of sp³-hybridized carbons (Fsp3) is 0.933. The maximum atomic E-state index is 9.15. The fourth-order valence-corrected chi connectivity index (χ4v) is 3.59. The molecule has 0 aromatic carbocycles. The third-order valence-electron chi connectivity index (χ3n) is 4.65. The van der Waals surface area contributed by atoms with Gasteiger partial charge >= 0.3 is 0 Å². The van der Waals surface area contributed by atoms with Crippen molar-refractivity contribution in [3.63, 3.8) is 0 Å². The van der Waals surface area contributed by atoms with Crippen LogP contribution in [0, 0.1) is 29.1 Å². The third kappa shape index (κ3) is 3.71. The number of nitrogens with one attached hydrogen (secondary N) is 1. The van der Waals surface area contributed by atoms with E-state index < -0.39 is 0 Å². The Balaban J connectivity index is 1.74. The van der Waals surface area contributed by atoms with Crippen molar-refractivity contribution in [2.75, 3.05) is 6.54 Å². The molecule has 0 radical (unpaired) electrons. The second-order valence-electron chi connectivity index (χ2n) is 6.17. The zero-order valence-electron chi connectivity index (χ0n) is 11.1. The Morgan fingerprint density at radius 1 is 1.12 bits per heavy atom. The van der Waals surface area contributed by atoms with Crippen molar-refractivity contribution in [3.05, 3.63) is 0 Å². The molecule has 2 aliphatic rings. The van der Waals surface area contributed by atoms with Gasteiger partial charge in [0.2, 0.25) is 0 Å². The number of nitriles is 1. The lowest BCUT2D eigenvalue weighted by molar-refractivity contribution is 0.242. The van der Waals surface area contributed by atoms with Crippen LogP contribution in [0.2, 0.25) is 0 Å². The molecule has 2 rings (SSSR count). The summed E-state index contributed by atoms with van der Waals surface area (Å²) in [6, 6.07) is 2.97. The minimum Gasteiger partial charge on any atom is -0.312 e. The molecule has 17 heavy (non-hydrogen) atoms. The van der Waals surface area contributed by atoms with Crippen molar-refractivity contribution in [1.82, 2.24) is 5.32 Å². The van der Waals surface area contributed by atoms with E-state index in [0.29, 0.717) is 6.04 Å². The molecular formula is C15H26N2. The van der Waals surface area contributed by atoms with Gasteiger partial charge in [0, 0.05) is 6.04 Å². The maximum Gasteiger partial charge on any atom is 0.0672 e. The summed E-state index contributed by atoms with van der Waals surface area (Å²) in [4.78, 5) is 0. The summed E-state index contributed by atoms with van der Waals surface area (Å²) in [5, 5.41) is 12.8. The van der Waals surface area contributed by atoms with Crippen molar-refractivity contribution in [1.29, 1.82) is 5.26 Å². The minimum absolute atomic E-state index is 0.268. The largest absolute Gasteiger partial charge is 0.312 e. The van der Waals surface area contributed by atoms with Gasteiger partial charge in [0.25, 0.3) is 0 Å². The van der Waals surface area contributed by atoms with Gasteiger partial charge in [-0.15, -0.1) is 0 Å². The summed E-state index contributed by atoms with van der Waals surface area (Å²) in [6.45, 7) is 3.53. The Bertz CT molecular complexity index is 269. The van der Waals surface area contributed by atoms with Crippen molar-refractivity contribution in [2.24, 2.45) is 17.8 Å². The van der Waals surface area contributed by atoms with Crippen molar-refractivity contribution in [2.45, 2.75) is 64.3 Å². The van der Waals surface area contributed by atoms with Gasteiger partial charge in [0.1, 0.15) is 0 Å². The van der Waals surface area contributed by atoms with E-state index in [4.69, 9.17) is 5.26 Å². The lowest BCUT2D eigenvalue weighted by Crippen LogP contribution is -2.41. The van der Waals surface area contributed by atoms with E-state index in [9.17, 15) is 0 Å². The molecule has 2 nitrogen and oxygen atoms in total. The van der Waals surface area contributed by atoms with Crippen molar-refractivity contribution >= 4 is 0 Å². The van der Waals surface area contributed by atoms with Gasteiger partial charge in [0.05, 0.1) is 12.0 Å². The van der Waals surface area contributed by atoms with E-state index >= 15 is 0 Å². The smallest absolute Gasteiger partial charge is 0.0672 e. The number of hydrogen-bond donors (Lipinski definition) is 1. The Kier molecular flexibility index (Phi) is 4.86. The predicted molar refractivity (Wildman–Crippen MR) is 70.5 cm³/mol. The van der Waals surface area contributed by atoms with Crippen LogP contribution >= 0.6 is 0 Å². The second kappa shape index (κ2) is 6.40. The molecule has 0 saturated heterocycles. The molecule has 0 amide bonds. The van der Waals surface area contributed by atoms with E-state index in [1.807, 2.05) is 0 Å². The Morgan fingerprint density at radius 2 is 1.94 bits per heavy atom. The minimum atomic E-state index is 0.268. The van der Waals surface area contributed by atoms with E-state index in [1.165, 1.54) is 44.9 Å². The molecule has 0 aromatic rings. The fourth-order valence-electron chi connectivity index (χ4n) is 3.59. The average Bonchev–Trinajstić information content (AvgIpc) is 2.37. The quantitative estimate of drug-likeness (QED) is 0.811. The summed E-state index contributed by atoms with van der Waals surface area (Å²) in [5.74, 6) is 2.04. The summed E-state index contributed by atoms with van der Waals surface area (Å²) >= 11 is 0. The molecule has 96 valence electrons. The lowest BCUT2D eigenvalue weighted by Gasteiger charge is -2.32. The van der Waals surface area contributed by atoms with Crippen LogP contribution in [0.4, 0.5) is 0 Å². The van der Waals surface area contributed by atoms with Gasteiger partial charge in [-0.25, -0.2) is 0 Å². The van der Waals surface area contributed by atoms with Crippen LogP contribution in [-0.4, -0.2) is 12.6 Å². The summed E-state index contributed by atoms with van der Waals surface area (Å²) in [6.07, 6.45) is 10.5. The first-order valence-electron chi connectivity index (χ1n) is 7.42. The molecule has 0 heterocycles. The molecule has 0 spiro atoms. The summed E-state index contributed by atoms with van der Waals surface area (Å²) in [7, 11) is 0. The van der Waals surface area contributed by atoms with E-state index in [2.05, 4.69) is 18.3 Å². The molecule has 2 heteroatoms. The first kappa shape index (κ1) is 12.9. The van der Waals surface area contributed by atoms with Gasteiger partial charge in [-0.3, -0.25) is 0 Å². The molecule has 4 atom stereocenters. The highest BCUT2D eigenvalue weighted by molar-refractivity contribution is 4.94. The van der Waals surface area contributed by atoms with E-state index in [1.54, 1.807) is 0 Å². The molecule has 4 unspecified atom stereocenters. The highest BCUT2D eigenvalue weighted by atomic mass is 14.9. The Hall–Kier alpha value is -0.550. The van der Waals surface area contributed by atoms with Crippen LogP contribution in [0.1, 0.15) is 58.3 Å². The normalized spacial score (nSPS) is 38.6. The van der Waals surface area contributed by atoms with Crippen LogP contribution in [0.5, 0.6) is 0 Å². The van der Waals surface area contributed by atoms with Crippen molar-refractivity contribution < 1.29 is 0 Å².